The van der Waals surface area contributed by atoms with Crippen molar-refractivity contribution in [2.24, 2.45) is 5.73 Å². The van der Waals surface area contributed by atoms with Gasteiger partial charge in [-0.3, -0.25) is 4.79 Å². The monoisotopic (exact) mass is 236 g/mol. The first-order valence-electron chi connectivity index (χ1n) is 5.43. The predicted molar refractivity (Wildman–Crippen MR) is 64.5 cm³/mol. The number of anilines is 1. The number of carbonyl (C=O) groups excluding carboxylic acids is 1. The Bertz CT molecular complexity index is 434. The van der Waals surface area contributed by atoms with E-state index in [2.05, 4.69) is 0 Å². The molecular formula is C12H16N2O3. The van der Waals surface area contributed by atoms with Gasteiger partial charge in [-0.2, -0.15) is 0 Å². The first kappa shape index (κ1) is 11.7. The van der Waals surface area contributed by atoms with E-state index in [1.54, 1.807) is 31.3 Å². The van der Waals surface area contributed by atoms with Gasteiger partial charge in [0.15, 0.2) is 11.5 Å². The summed E-state index contributed by atoms with van der Waals surface area (Å²) < 4.78 is 10.4. The van der Waals surface area contributed by atoms with Crippen molar-refractivity contribution < 1.29 is 14.3 Å². The summed E-state index contributed by atoms with van der Waals surface area (Å²) in [6.07, 6.45) is 0.397. The zero-order chi connectivity index (χ0) is 12.4. The molecule has 17 heavy (non-hydrogen) atoms. The summed E-state index contributed by atoms with van der Waals surface area (Å²) >= 11 is 0. The molecule has 1 aromatic rings. The van der Waals surface area contributed by atoms with Gasteiger partial charge in [0.2, 0.25) is 5.91 Å². The average Bonchev–Trinajstić information content (AvgIpc) is 2.67. The minimum absolute atomic E-state index is 0.0460. The van der Waals surface area contributed by atoms with Gasteiger partial charge >= 0.3 is 0 Å². The number of methoxy groups -OCH3 is 2. The summed E-state index contributed by atoms with van der Waals surface area (Å²) in [6.45, 7) is 0.550. The maximum Gasteiger partial charge on any atom is 0.228 e. The van der Waals surface area contributed by atoms with Crippen molar-refractivity contribution in [1.29, 1.82) is 0 Å². The Hall–Kier alpha value is -1.75. The van der Waals surface area contributed by atoms with Gasteiger partial charge in [-0.05, 0) is 12.1 Å². The van der Waals surface area contributed by atoms with E-state index in [0.29, 0.717) is 24.5 Å². The number of amides is 1. The van der Waals surface area contributed by atoms with Crippen LogP contribution in [0, 0.1) is 0 Å². The molecule has 1 aromatic carbocycles. The Balaban J connectivity index is 2.30. The van der Waals surface area contributed by atoms with E-state index in [1.807, 2.05) is 6.07 Å². The summed E-state index contributed by atoms with van der Waals surface area (Å²) in [6, 6.07) is 5.31. The highest BCUT2D eigenvalue weighted by Gasteiger charge is 2.28. The molecule has 1 amide bonds. The van der Waals surface area contributed by atoms with Crippen LogP contribution in [0.3, 0.4) is 0 Å². The minimum Gasteiger partial charge on any atom is -0.493 e. The lowest BCUT2D eigenvalue weighted by molar-refractivity contribution is -0.117. The number of nitrogens with zero attached hydrogens (tertiary/aromatic N) is 1. The van der Waals surface area contributed by atoms with Crippen LogP contribution in [-0.4, -0.2) is 32.7 Å². The molecule has 1 atom stereocenters. The van der Waals surface area contributed by atoms with Gasteiger partial charge in [0.25, 0.3) is 0 Å². The van der Waals surface area contributed by atoms with Gasteiger partial charge in [0, 0.05) is 30.8 Å². The number of hydrogen-bond acceptors (Lipinski definition) is 4. The van der Waals surface area contributed by atoms with Crippen LogP contribution < -0.4 is 20.1 Å². The number of carbonyl (C=O) groups is 1. The SMILES string of the molecule is COc1ccc(N2C[C@H](N)CC2=O)cc1OC. The normalized spacial score (nSPS) is 19.6. The molecule has 1 saturated heterocycles. The van der Waals surface area contributed by atoms with Gasteiger partial charge in [0.1, 0.15) is 0 Å². The number of benzene rings is 1. The first-order valence-corrected chi connectivity index (χ1v) is 5.43. The summed E-state index contributed by atoms with van der Waals surface area (Å²) in [7, 11) is 3.15. The summed E-state index contributed by atoms with van der Waals surface area (Å²) in [5.41, 5.74) is 6.55. The highest BCUT2D eigenvalue weighted by molar-refractivity contribution is 5.96. The standard InChI is InChI=1S/C12H16N2O3/c1-16-10-4-3-9(6-11(10)17-2)14-7-8(13)5-12(14)15/h3-4,6,8H,5,7,13H2,1-2H3/t8-/m1/s1. The van der Waals surface area contributed by atoms with Crippen LogP contribution >= 0.6 is 0 Å². The topological polar surface area (TPSA) is 64.8 Å². The van der Waals surface area contributed by atoms with E-state index < -0.39 is 0 Å². The Morgan fingerprint density at radius 1 is 1.29 bits per heavy atom. The quantitative estimate of drug-likeness (QED) is 0.841. The smallest absolute Gasteiger partial charge is 0.228 e. The van der Waals surface area contributed by atoms with Crippen LogP contribution in [0.5, 0.6) is 11.5 Å². The van der Waals surface area contributed by atoms with E-state index in [-0.39, 0.29) is 11.9 Å². The molecule has 2 N–H and O–H groups in total. The van der Waals surface area contributed by atoms with Crippen molar-refractivity contribution in [1.82, 2.24) is 0 Å². The Labute approximate surface area is 100 Å². The summed E-state index contributed by atoms with van der Waals surface area (Å²) in [5.74, 6) is 1.30. The van der Waals surface area contributed by atoms with Crippen LogP contribution in [0.25, 0.3) is 0 Å². The lowest BCUT2D eigenvalue weighted by Gasteiger charge is -2.18. The molecule has 5 nitrogen and oxygen atoms in total. The van der Waals surface area contributed by atoms with E-state index >= 15 is 0 Å². The van der Waals surface area contributed by atoms with Crippen LogP contribution in [0.2, 0.25) is 0 Å². The Morgan fingerprint density at radius 3 is 2.53 bits per heavy atom. The molecule has 0 aromatic heterocycles. The maximum absolute atomic E-state index is 11.7. The molecule has 1 aliphatic heterocycles. The molecule has 1 heterocycles. The molecule has 0 aliphatic carbocycles. The number of hydrogen-bond donors (Lipinski definition) is 1. The lowest BCUT2D eigenvalue weighted by Crippen LogP contribution is -2.27. The van der Waals surface area contributed by atoms with Gasteiger partial charge in [0.05, 0.1) is 14.2 Å². The maximum atomic E-state index is 11.7. The second kappa shape index (κ2) is 4.63. The zero-order valence-corrected chi connectivity index (χ0v) is 9.97. The predicted octanol–water partition coefficient (Wildman–Crippen LogP) is 0.768. The largest absolute Gasteiger partial charge is 0.493 e. The van der Waals surface area contributed by atoms with Crippen molar-refractivity contribution in [3.8, 4) is 11.5 Å². The van der Waals surface area contributed by atoms with Crippen LogP contribution in [-0.2, 0) is 4.79 Å². The average molecular weight is 236 g/mol. The third-order valence-corrected chi connectivity index (χ3v) is 2.83. The second-order valence-electron chi connectivity index (χ2n) is 4.01. The lowest BCUT2D eigenvalue weighted by atomic mass is 10.2. The van der Waals surface area contributed by atoms with Gasteiger partial charge in [-0.15, -0.1) is 0 Å². The van der Waals surface area contributed by atoms with E-state index in [1.165, 1.54) is 0 Å². The fourth-order valence-electron chi connectivity index (χ4n) is 1.98. The molecule has 0 saturated carbocycles. The Kier molecular flexibility index (Phi) is 3.19. The van der Waals surface area contributed by atoms with Crippen molar-refractivity contribution in [2.75, 3.05) is 25.7 Å². The molecule has 0 unspecified atom stereocenters. The molecule has 1 aliphatic rings. The van der Waals surface area contributed by atoms with Gasteiger partial charge in [-0.25, -0.2) is 0 Å². The molecule has 92 valence electrons. The van der Waals surface area contributed by atoms with E-state index in [4.69, 9.17) is 15.2 Å². The molecule has 2 rings (SSSR count). The molecule has 0 bridgehead atoms. The molecule has 0 spiro atoms. The Morgan fingerprint density at radius 2 is 2.00 bits per heavy atom. The fraction of sp³-hybridized carbons (Fsp3) is 0.417. The van der Waals surface area contributed by atoms with Crippen molar-refractivity contribution in [3.05, 3.63) is 18.2 Å². The summed E-state index contributed by atoms with van der Waals surface area (Å²) in [5, 5.41) is 0. The van der Waals surface area contributed by atoms with Crippen molar-refractivity contribution in [2.45, 2.75) is 12.5 Å². The second-order valence-corrected chi connectivity index (χ2v) is 4.01. The van der Waals surface area contributed by atoms with Gasteiger partial charge < -0.3 is 20.1 Å². The number of rotatable bonds is 3. The van der Waals surface area contributed by atoms with E-state index in [9.17, 15) is 4.79 Å². The van der Waals surface area contributed by atoms with Gasteiger partial charge in [-0.1, -0.05) is 0 Å². The molecule has 1 fully saturated rings. The highest BCUT2D eigenvalue weighted by atomic mass is 16.5. The molecule has 0 radical (unpaired) electrons. The summed E-state index contributed by atoms with van der Waals surface area (Å²) in [4.78, 5) is 13.4. The molecular weight excluding hydrogens is 220 g/mol. The van der Waals surface area contributed by atoms with Crippen LogP contribution in [0.15, 0.2) is 18.2 Å². The van der Waals surface area contributed by atoms with Crippen molar-refractivity contribution in [3.63, 3.8) is 0 Å². The van der Waals surface area contributed by atoms with Crippen molar-refractivity contribution >= 4 is 11.6 Å². The van der Waals surface area contributed by atoms with Crippen LogP contribution in [0.4, 0.5) is 5.69 Å². The first-order chi connectivity index (χ1) is 8.15. The highest BCUT2D eigenvalue weighted by Crippen LogP contribution is 2.32. The van der Waals surface area contributed by atoms with E-state index in [0.717, 1.165) is 5.69 Å². The number of ether oxygens (including phenoxy) is 2. The minimum atomic E-state index is -0.0874. The zero-order valence-electron chi connectivity index (χ0n) is 9.97. The molecule has 5 heteroatoms. The van der Waals surface area contributed by atoms with Crippen LogP contribution in [0.1, 0.15) is 6.42 Å². The third-order valence-electron chi connectivity index (χ3n) is 2.83. The third kappa shape index (κ3) is 2.19. The number of nitrogens with two attached hydrogens (primary N) is 1. The fourth-order valence-corrected chi connectivity index (χ4v) is 1.98.